The van der Waals surface area contributed by atoms with Gasteiger partial charge in [-0.15, -0.1) is 22.9 Å². The molecule has 2 fully saturated rings. The van der Waals surface area contributed by atoms with Gasteiger partial charge in [-0.3, -0.25) is 0 Å². The normalized spacial score (nSPS) is 39.1. The van der Waals surface area contributed by atoms with Gasteiger partial charge in [-0.2, -0.15) is 0 Å². The summed E-state index contributed by atoms with van der Waals surface area (Å²) in [7, 11) is 0. The first-order chi connectivity index (χ1) is 9.53. The number of aliphatic hydroxyl groups is 2. The van der Waals surface area contributed by atoms with Gasteiger partial charge in [0.05, 0.1) is 22.2 Å². The molecule has 20 heavy (non-hydrogen) atoms. The molecule has 0 amide bonds. The summed E-state index contributed by atoms with van der Waals surface area (Å²) in [5, 5.41) is 22.1. The van der Waals surface area contributed by atoms with Crippen LogP contribution in [0.25, 0.3) is 10.2 Å². The van der Waals surface area contributed by atoms with Gasteiger partial charge in [0.25, 0.3) is 0 Å². The number of aromatic nitrogens is 2. The van der Waals surface area contributed by atoms with Crippen molar-refractivity contribution in [2.75, 3.05) is 11.6 Å². The van der Waals surface area contributed by atoms with E-state index >= 15 is 0 Å². The van der Waals surface area contributed by atoms with E-state index in [1.54, 1.807) is 0 Å². The molecule has 2 aromatic heterocycles. The molecule has 0 spiro atoms. The van der Waals surface area contributed by atoms with E-state index in [0.717, 1.165) is 15.8 Å². The fourth-order valence-corrected chi connectivity index (χ4v) is 4.48. The number of ether oxygens (including phenoxy) is 1. The zero-order valence-corrected chi connectivity index (χ0v) is 11.9. The lowest BCUT2D eigenvalue weighted by Crippen LogP contribution is -2.23. The van der Waals surface area contributed by atoms with Crippen LogP contribution in [0.4, 0.5) is 5.82 Å². The Morgan fingerprint density at radius 2 is 2.35 bits per heavy atom. The smallest absolute Gasteiger partial charge is 0.144 e. The number of nitrogens with two attached hydrogens (primary N) is 1. The Morgan fingerprint density at radius 1 is 1.55 bits per heavy atom. The van der Waals surface area contributed by atoms with Crippen molar-refractivity contribution in [1.29, 1.82) is 0 Å². The molecule has 0 bridgehead atoms. The van der Waals surface area contributed by atoms with Gasteiger partial charge in [0.2, 0.25) is 0 Å². The molecule has 1 aliphatic heterocycles. The third kappa shape index (κ3) is 1.30. The Labute approximate surface area is 123 Å². The molecule has 1 aliphatic carbocycles. The monoisotopic (exact) mass is 313 g/mol. The van der Waals surface area contributed by atoms with Crippen molar-refractivity contribution in [2.45, 2.75) is 29.8 Å². The fourth-order valence-electron chi connectivity index (χ4n) is 3.07. The Morgan fingerprint density at radius 3 is 3.05 bits per heavy atom. The summed E-state index contributed by atoms with van der Waals surface area (Å²) in [6.45, 7) is 0. The van der Waals surface area contributed by atoms with Crippen LogP contribution in [0.5, 0.6) is 0 Å². The quantitative estimate of drug-likeness (QED) is 0.710. The van der Waals surface area contributed by atoms with Crippen LogP contribution in [0, 0.1) is 0 Å². The molecule has 4 atom stereocenters. The fraction of sp³-hybridized carbons (Fsp3) is 0.500. The van der Waals surface area contributed by atoms with Crippen molar-refractivity contribution in [3.05, 3.63) is 17.3 Å². The minimum Gasteiger partial charge on any atom is -0.387 e. The molecule has 4 rings (SSSR count). The second kappa shape index (κ2) is 3.80. The van der Waals surface area contributed by atoms with E-state index in [-0.39, 0.29) is 12.0 Å². The van der Waals surface area contributed by atoms with Crippen molar-refractivity contribution < 1.29 is 14.9 Å². The van der Waals surface area contributed by atoms with Crippen molar-refractivity contribution >= 4 is 39.0 Å². The van der Waals surface area contributed by atoms with Gasteiger partial charge in [-0.1, -0.05) is 0 Å². The van der Waals surface area contributed by atoms with Crippen LogP contribution in [0.3, 0.4) is 0 Å². The SMILES string of the molecule is Nc1ncnc2c([C@H]3C[C@@]4(O)C(O)[C@@]4(CCl)O3)csc12. The minimum absolute atomic E-state index is 0.0559. The van der Waals surface area contributed by atoms with E-state index in [9.17, 15) is 10.2 Å². The molecule has 6 nitrogen and oxygen atoms in total. The number of nitrogens with zero attached hydrogens (tertiary/aromatic N) is 2. The largest absolute Gasteiger partial charge is 0.387 e. The Kier molecular flexibility index (Phi) is 2.42. The summed E-state index contributed by atoms with van der Waals surface area (Å²) in [4.78, 5) is 8.19. The average molecular weight is 314 g/mol. The summed E-state index contributed by atoms with van der Waals surface area (Å²) in [5.74, 6) is 0.487. The van der Waals surface area contributed by atoms with Gasteiger partial charge in [0.15, 0.2) is 0 Å². The van der Waals surface area contributed by atoms with E-state index in [1.807, 2.05) is 5.38 Å². The summed E-state index contributed by atoms with van der Waals surface area (Å²) < 4.78 is 6.66. The molecule has 0 aromatic carbocycles. The first-order valence-corrected chi connectivity index (χ1v) is 7.57. The highest BCUT2D eigenvalue weighted by molar-refractivity contribution is 7.17. The van der Waals surface area contributed by atoms with Gasteiger partial charge in [0.1, 0.15) is 29.5 Å². The molecule has 2 aliphatic rings. The number of aliphatic hydroxyl groups excluding tert-OH is 1. The van der Waals surface area contributed by atoms with E-state index < -0.39 is 17.3 Å². The molecule has 106 valence electrons. The van der Waals surface area contributed by atoms with Crippen LogP contribution in [0.15, 0.2) is 11.7 Å². The Balaban J connectivity index is 1.75. The lowest BCUT2D eigenvalue weighted by atomic mass is 10.0. The van der Waals surface area contributed by atoms with Crippen LogP contribution in [0.1, 0.15) is 18.1 Å². The first kappa shape index (κ1) is 12.7. The number of nitrogen functional groups attached to an aromatic ring is 1. The third-order valence-electron chi connectivity index (χ3n) is 4.35. The highest BCUT2D eigenvalue weighted by Crippen LogP contribution is 2.64. The van der Waals surface area contributed by atoms with E-state index in [2.05, 4.69) is 9.97 Å². The molecule has 4 N–H and O–H groups in total. The molecule has 1 saturated heterocycles. The standard InChI is InChI=1S/C12H12ClN3O3S/c13-3-12-10(17)11(12,18)1-6(19-12)5-2-20-8-7(5)15-4-16-9(8)14/h2,4,6,10,17-18H,1,3H2,(H2,14,15,16)/t6-,10?,11-,12-/m1/s1. The predicted octanol–water partition coefficient (Wildman–Crippen LogP) is 0.818. The number of fused-ring (bicyclic) bond motifs is 2. The van der Waals surface area contributed by atoms with Gasteiger partial charge in [-0.05, 0) is 5.38 Å². The van der Waals surface area contributed by atoms with E-state index in [4.69, 9.17) is 22.1 Å². The number of rotatable bonds is 2. The van der Waals surface area contributed by atoms with E-state index in [0.29, 0.717) is 12.2 Å². The zero-order chi connectivity index (χ0) is 14.1. The summed E-state index contributed by atoms with van der Waals surface area (Å²) in [5.41, 5.74) is 5.10. The van der Waals surface area contributed by atoms with Crippen LogP contribution in [-0.4, -0.2) is 43.4 Å². The van der Waals surface area contributed by atoms with Crippen LogP contribution < -0.4 is 5.73 Å². The molecular formula is C12H12ClN3O3S. The number of alkyl halides is 1. The average Bonchev–Trinajstić information content (AvgIpc) is 2.84. The molecule has 8 heteroatoms. The Bertz CT molecular complexity index is 710. The molecule has 3 heterocycles. The van der Waals surface area contributed by atoms with Crippen molar-refractivity contribution in [3.63, 3.8) is 0 Å². The molecule has 1 unspecified atom stereocenters. The maximum absolute atomic E-state index is 10.4. The lowest BCUT2D eigenvalue weighted by Gasteiger charge is -2.16. The number of anilines is 1. The number of halogens is 1. The highest BCUT2D eigenvalue weighted by atomic mass is 35.5. The van der Waals surface area contributed by atoms with Gasteiger partial charge >= 0.3 is 0 Å². The number of hydrogen-bond acceptors (Lipinski definition) is 7. The van der Waals surface area contributed by atoms with Gasteiger partial charge in [0, 0.05) is 12.0 Å². The van der Waals surface area contributed by atoms with Crippen LogP contribution >= 0.6 is 22.9 Å². The summed E-state index contributed by atoms with van der Waals surface area (Å²) in [6.07, 6.45) is 0.444. The third-order valence-corrected chi connectivity index (χ3v) is 5.75. The minimum atomic E-state index is -1.26. The Hall–Kier alpha value is -0.990. The molecular weight excluding hydrogens is 302 g/mol. The maximum Gasteiger partial charge on any atom is 0.144 e. The van der Waals surface area contributed by atoms with Crippen LogP contribution in [-0.2, 0) is 4.74 Å². The number of thiophene rings is 1. The lowest BCUT2D eigenvalue weighted by molar-refractivity contribution is -0.0207. The van der Waals surface area contributed by atoms with Gasteiger partial charge < -0.3 is 20.7 Å². The molecule has 1 saturated carbocycles. The topological polar surface area (TPSA) is 101 Å². The molecule has 0 radical (unpaired) electrons. The highest BCUT2D eigenvalue weighted by Gasteiger charge is 2.82. The second-order valence-corrected chi connectivity index (χ2v) is 6.44. The predicted molar refractivity (Wildman–Crippen MR) is 74.7 cm³/mol. The van der Waals surface area contributed by atoms with Gasteiger partial charge in [-0.25, -0.2) is 9.97 Å². The summed E-state index contributed by atoms with van der Waals surface area (Å²) in [6, 6.07) is 0. The zero-order valence-electron chi connectivity index (χ0n) is 10.3. The molecule has 2 aromatic rings. The van der Waals surface area contributed by atoms with Crippen LogP contribution in [0.2, 0.25) is 0 Å². The van der Waals surface area contributed by atoms with E-state index in [1.165, 1.54) is 17.7 Å². The van der Waals surface area contributed by atoms with Crippen molar-refractivity contribution in [2.24, 2.45) is 0 Å². The first-order valence-electron chi connectivity index (χ1n) is 6.15. The number of hydrogen-bond donors (Lipinski definition) is 3. The second-order valence-electron chi connectivity index (χ2n) is 5.29. The van der Waals surface area contributed by atoms with Crippen molar-refractivity contribution in [3.8, 4) is 0 Å². The van der Waals surface area contributed by atoms with Crippen molar-refractivity contribution in [1.82, 2.24) is 9.97 Å². The summed E-state index contributed by atoms with van der Waals surface area (Å²) >= 11 is 7.30. The maximum atomic E-state index is 10.4.